The maximum atomic E-state index is 13.8. The van der Waals surface area contributed by atoms with Crippen LogP contribution in [-0.4, -0.2) is 65.6 Å². The number of hydrogen-bond donors (Lipinski definition) is 1. The number of hydrogen-bond acceptors (Lipinski definition) is 6. The highest BCUT2D eigenvalue weighted by atomic mass is 32.2. The number of nitrogens with one attached hydrogen (secondary N) is 1. The molecule has 0 bridgehead atoms. The van der Waals surface area contributed by atoms with Crippen LogP contribution in [0.3, 0.4) is 0 Å². The summed E-state index contributed by atoms with van der Waals surface area (Å²) in [5, 5.41) is 2.75. The molecule has 3 rings (SSSR count). The minimum atomic E-state index is -4.11. The van der Waals surface area contributed by atoms with Crippen molar-refractivity contribution in [3.63, 3.8) is 0 Å². The van der Waals surface area contributed by atoms with Crippen molar-refractivity contribution in [2.24, 2.45) is 5.92 Å². The normalized spacial score (nSPS) is 17.5. The van der Waals surface area contributed by atoms with Crippen LogP contribution in [0.15, 0.2) is 46.2 Å². The van der Waals surface area contributed by atoms with Crippen LogP contribution in [0, 0.1) is 18.7 Å². The highest BCUT2D eigenvalue weighted by Gasteiger charge is 2.35. The number of aryl methyl sites for hydroxylation is 1. The molecule has 12 heteroatoms. The Morgan fingerprint density at radius 1 is 1.15 bits per heavy atom. The Hall–Kier alpha value is -2.54. The summed E-state index contributed by atoms with van der Waals surface area (Å²) >= 11 is 0. The van der Waals surface area contributed by atoms with E-state index in [-0.39, 0.29) is 28.6 Å². The lowest BCUT2D eigenvalue weighted by Gasteiger charge is -2.31. The van der Waals surface area contributed by atoms with Gasteiger partial charge in [0.25, 0.3) is 0 Å². The van der Waals surface area contributed by atoms with Gasteiger partial charge >= 0.3 is 0 Å². The molecule has 186 valence electrons. The quantitative estimate of drug-likeness (QED) is 0.609. The number of rotatable bonds is 7. The van der Waals surface area contributed by atoms with E-state index in [0.29, 0.717) is 24.1 Å². The Morgan fingerprint density at radius 2 is 1.85 bits per heavy atom. The largest absolute Gasteiger partial charge is 0.495 e. The first-order valence-corrected chi connectivity index (χ1v) is 13.4. The molecular formula is C22H28FN3O6S2. The van der Waals surface area contributed by atoms with Gasteiger partial charge in [-0.3, -0.25) is 4.79 Å². The van der Waals surface area contributed by atoms with Gasteiger partial charge < -0.3 is 10.1 Å². The summed E-state index contributed by atoms with van der Waals surface area (Å²) in [5.74, 6) is -1.79. The third kappa shape index (κ3) is 5.24. The van der Waals surface area contributed by atoms with Crippen molar-refractivity contribution in [2.45, 2.75) is 29.6 Å². The van der Waals surface area contributed by atoms with Crippen molar-refractivity contribution < 1.29 is 30.8 Å². The van der Waals surface area contributed by atoms with Crippen LogP contribution >= 0.6 is 0 Å². The zero-order valence-electron chi connectivity index (χ0n) is 19.4. The summed E-state index contributed by atoms with van der Waals surface area (Å²) in [6, 6.07) is 7.70. The summed E-state index contributed by atoms with van der Waals surface area (Å²) in [4.78, 5) is 12.8. The highest BCUT2D eigenvalue weighted by Crippen LogP contribution is 2.31. The monoisotopic (exact) mass is 513 g/mol. The van der Waals surface area contributed by atoms with Crippen molar-refractivity contribution in [1.82, 2.24) is 8.61 Å². The van der Waals surface area contributed by atoms with Gasteiger partial charge in [0.1, 0.15) is 16.5 Å². The first-order valence-electron chi connectivity index (χ1n) is 10.6. The summed E-state index contributed by atoms with van der Waals surface area (Å²) in [6.07, 6.45) is 0.885. The average molecular weight is 514 g/mol. The number of carbonyl (C=O) groups excluding carboxylic acids is 1. The first-order chi connectivity index (χ1) is 15.9. The Morgan fingerprint density at radius 3 is 2.50 bits per heavy atom. The van der Waals surface area contributed by atoms with Crippen LogP contribution < -0.4 is 10.1 Å². The molecule has 1 N–H and O–H groups in total. The summed E-state index contributed by atoms with van der Waals surface area (Å²) in [5.41, 5.74) is 0.996. The summed E-state index contributed by atoms with van der Waals surface area (Å²) in [6.45, 7) is 1.82. The van der Waals surface area contributed by atoms with Gasteiger partial charge in [-0.15, -0.1) is 0 Å². The third-order valence-electron chi connectivity index (χ3n) is 5.74. The number of anilines is 1. The van der Waals surface area contributed by atoms with Gasteiger partial charge in [-0.05, 0) is 55.7 Å². The lowest BCUT2D eigenvalue weighted by Crippen LogP contribution is -2.43. The maximum absolute atomic E-state index is 13.8. The summed E-state index contributed by atoms with van der Waals surface area (Å²) < 4.78 is 72.4. The molecule has 34 heavy (non-hydrogen) atoms. The van der Waals surface area contributed by atoms with Gasteiger partial charge in [0, 0.05) is 32.9 Å². The number of methoxy groups -OCH3 is 1. The van der Waals surface area contributed by atoms with Crippen LogP contribution in [0.2, 0.25) is 0 Å². The third-order valence-corrected chi connectivity index (χ3v) is 9.44. The molecule has 1 heterocycles. The minimum absolute atomic E-state index is 0.0162. The average Bonchev–Trinajstić information content (AvgIpc) is 2.80. The number of nitrogens with zero attached hydrogens (tertiary/aromatic N) is 2. The van der Waals surface area contributed by atoms with E-state index in [1.165, 1.54) is 39.4 Å². The Kier molecular flexibility index (Phi) is 7.65. The molecule has 2 aromatic carbocycles. The predicted molar refractivity (Wildman–Crippen MR) is 125 cm³/mol. The van der Waals surface area contributed by atoms with Crippen molar-refractivity contribution in [2.75, 3.05) is 39.6 Å². The van der Waals surface area contributed by atoms with Gasteiger partial charge in [-0.1, -0.05) is 6.07 Å². The lowest BCUT2D eigenvalue weighted by molar-refractivity contribution is -0.120. The molecule has 1 aliphatic rings. The fourth-order valence-corrected chi connectivity index (χ4v) is 6.33. The number of sulfonamides is 2. The molecule has 1 saturated heterocycles. The molecule has 1 unspecified atom stereocenters. The number of piperidine rings is 1. The fourth-order valence-electron chi connectivity index (χ4n) is 3.71. The topological polar surface area (TPSA) is 113 Å². The Balaban J connectivity index is 1.83. The first kappa shape index (κ1) is 26.1. The van der Waals surface area contributed by atoms with Gasteiger partial charge in [0.2, 0.25) is 26.0 Å². The van der Waals surface area contributed by atoms with Gasteiger partial charge in [-0.25, -0.2) is 25.5 Å². The van der Waals surface area contributed by atoms with E-state index in [2.05, 4.69) is 5.32 Å². The SMILES string of the molecule is COc1ccc(F)cc1S(=O)(=O)N1CCCC(C(=O)Nc2cc(S(=O)(=O)N(C)C)ccc2C)C1. The molecular weight excluding hydrogens is 485 g/mol. The molecule has 1 aliphatic heterocycles. The van der Waals surface area contributed by atoms with Crippen molar-refractivity contribution in [3.8, 4) is 5.75 Å². The molecule has 0 aliphatic carbocycles. The lowest BCUT2D eigenvalue weighted by atomic mass is 9.98. The second-order valence-electron chi connectivity index (χ2n) is 8.25. The molecule has 0 radical (unpaired) electrons. The van der Waals surface area contributed by atoms with E-state index < -0.39 is 37.7 Å². The van der Waals surface area contributed by atoms with E-state index in [9.17, 15) is 26.0 Å². The van der Waals surface area contributed by atoms with Crippen molar-refractivity contribution in [3.05, 3.63) is 47.8 Å². The molecule has 0 spiro atoms. The fraction of sp³-hybridized carbons (Fsp3) is 0.409. The van der Waals surface area contributed by atoms with Crippen LogP contribution in [0.25, 0.3) is 0 Å². The van der Waals surface area contributed by atoms with Crippen LogP contribution in [0.4, 0.5) is 10.1 Å². The van der Waals surface area contributed by atoms with Crippen molar-refractivity contribution >= 4 is 31.6 Å². The zero-order valence-corrected chi connectivity index (χ0v) is 21.0. The molecule has 1 fully saturated rings. The number of benzene rings is 2. The van der Waals surface area contributed by atoms with Gasteiger partial charge in [0.15, 0.2) is 0 Å². The molecule has 1 atom stereocenters. The predicted octanol–water partition coefficient (Wildman–Crippen LogP) is 2.43. The van der Waals surface area contributed by atoms with E-state index in [0.717, 1.165) is 20.7 Å². The second-order valence-corrected chi connectivity index (χ2v) is 12.3. The van der Waals surface area contributed by atoms with E-state index in [1.54, 1.807) is 13.0 Å². The molecule has 2 aromatic rings. The van der Waals surface area contributed by atoms with Crippen LogP contribution in [0.1, 0.15) is 18.4 Å². The Labute approximate surface area is 199 Å². The number of ether oxygens (including phenoxy) is 1. The molecule has 1 amide bonds. The van der Waals surface area contributed by atoms with Gasteiger partial charge in [0.05, 0.1) is 17.9 Å². The summed E-state index contributed by atoms with van der Waals surface area (Å²) in [7, 11) is -3.67. The highest BCUT2D eigenvalue weighted by molar-refractivity contribution is 7.89. The maximum Gasteiger partial charge on any atom is 0.246 e. The number of carbonyl (C=O) groups is 1. The van der Waals surface area contributed by atoms with E-state index >= 15 is 0 Å². The van der Waals surface area contributed by atoms with E-state index in [4.69, 9.17) is 4.74 Å². The van der Waals surface area contributed by atoms with Crippen LogP contribution in [-0.2, 0) is 24.8 Å². The Bertz CT molecular complexity index is 1300. The smallest absolute Gasteiger partial charge is 0.246 e. The number of amides is 1. The molecule has 0 aromatic heterocycles. The van der Waals surface area contributed by atoms with E-state index in [1.807, 2.05) is 0 Å². The van der Waals surface area contributed by atoms with Gasteiger partial charge in [-0.2, -0.15) is 4.31 Å². The van der Waals surface area contributed by atoms with Crippen molar-refractivity contribution in [1.29, 1.82) is 0 Å². The second kappa shape index (κ2) is 9.98. The molecule has 0 saturated carbocycles. The number of halogens is 1. The minimum Gasteiger partial charge on any atom is -0.495 e. The van der Waals surface area contributed by atoms with Crippen LogP contribution in [0.5, 0.6) is 5.75 Å². The zero-order chi connectivity index (χ0) is 25.3. The molecule has 9 nitrogen and oxygen atoms in total. The standard InChI is InChI=1S/C22H28FN3O6S2/c1-15-7-9-18(33(28,29)25(2)3)13-19(15)24-22(27)16-6-5-11-26(14-16)34(30,31)21-12-17(23)8-10-20(21)32-4/h7-10,12-13,16H,5-6,11,14H2,1-4H3,(H,24,27).